The van der Waals surface area contributed by atoms with Gasteiger partial charge in [0.05, 0.1) is 6.07 Å². The molecule has 2 amide bonds. The fourth-order valence-corrected chi connectivity index (χ4v) is 7.13. The summed E-state index contributed by atoms with van der Waals surface area (Å²) in [6.07, 6.45) is 11.0. The second-order valence-electron chi connectivity index (χ2n) is 10.7. The van der Waals surface area contributed by atoms with Crippen molar-refractivity contribution < 1.29 is 19.1 Å². The lowest BCUT2D eigenvalue weighted by molar-refractivity contribution is -0.155. The van der Waals surface area contributed by atoms with Crippen LogP contribution < -0.4 is 10.6 Å². The van der Waals surface area contributed by atoms with E-state index in [9.17, 15) is 19.6 Å². The van der Waals surface area contributed by atoms with Gasteiger partial charge in [-0.1, -0.05) is 19.3 Å². The van der Waals surface area contributed by atoms with Crippen molar-refractivity contribution in [1.29, 1.82) is 5.26 Å². The highest BCUT2D eigenvalue weighted by molar-refractivity contribution is 5.86. The predicted octanol–water partition coefficient (Wildman–Crippen LogP) is 2.98. The van der Waals surface area contributed by atoms with Crippen LogP contribution in [-0.2, 0) is 19.1 Å². The number of nitrogens with zero attached hydrogens (tertiary/aromatic N) is 1. The van der Waals surface area contributed by atoms with Gasteiger partial charge in [-0.15, -0.1) is 0 Å². The van der Waals surface area contributed by atoms with E-state index in [1.807, 2.05) is 0 Å². The number of esters is 1. The number of rotatable bonds is 7. The average Bonchev–Trinajstić information content (AvgIpc) is 2.71. The van der Waals surface area contributed by atoms with Crippen LogP contribution in [0.5, 0.6) is 0 Å². The molecule has 0 aliphatic heterocycles. The first-order chi connectivity index (χ1) is 14.8. The van der Waals surface area contributed by atoms with E-state index in [0.717, 1.165) is 56.3 Å². The number of carbonyl (C=O) groups excluding carboxylic acids is 3. The van der Waals surface area contributed by atoms with E-state index in [1.54, 1.807) is 0 Å². The molecule has 0 radical (unpaired) electrons. The molecule has 31 heavy (non-hydrogen) atoms. The van der Waals surface area contributed by atoms with Gasteiger partial charge in [-0.05, 0) is 81.5 Å². The number of carbonyl (C=O) groups is 3. The van der Waals surface area contributed by atoms with E-state index in [4.69, 9.17) is 4.74 Å². The van der Waals surface area contributed by atoms with Crippen molar-refractivity contribution in [3.05, 3.63) is 0 Å². The van der Waals surface area contributed by atoms with Gasteiger partial charge in [0, 0.05) is 6.42 Å². The number of hydrogen-bond donors (Lipinski definition) is 2. The Balaban J connectivity index is 1.20. The molecular weight excluding hydrogens is 394 g/mol. The number of nitrogens with one attached hydrogen (secondary N) is 2. The molecule has 5 saturated carbocycles. The summed E-state index contributed by atoms with van der Waals surface area (Å²) in [6, 6.07) is 2.23. The lowest BCUT2D eigenvalue weighted by atomic mass is 9.49. The highest BCUT2D eigenvalue weighted by Crippen LogP contribution is 2.61. The molecule has 0 heterocycles. The topological polar surface area (TPSA) is 108 Å². The van der Waals surface area contributed by atoms with E-state index >= 15 is 0 Å². The van der Waals surface area contributed by atoms with Crippen molar-refractivity contribution in [2.45, 2.75) is 95.6 Å². The first kappa shape index (κ1) is 22.1. The van der Waals surface area contributed by atoms with Crippen LogP contribution in [0, 0.1) is 34.5 Å². The van der Waals surface area contributed by atoms with Gasteiger partial charge < -0.3 is 15.4 Å². The van der Waals surface area contributed by atoms with Gasteiger partial charge >= 0.3 is 5.97 Å². The molecule has 0 unspecified atom stereocenters. The van der Waals surface area contributed by atoms with Crippen LogP contribution in [0.1, 0.15) is 84.0 Å². The Morgan fingerprint density at radius 2 is 1.61 bits per heavy atom. The van der Waals surface area contributed by atoms with Crippen molar-refractivity contribution in [2.24, 2.45) is 23.2 Å². The van der Waals surface area contributed by atoms with Gasteiger partial charge in [0.15, 0.2) is 6.10 Å². The second-order valence-corrected chi connectivity index (χ2v) is 10.7. The van der Waals surface area contributed by atoms with Crippen LogP contribution in [-0.4, -0.2) is 36.0 Å². The number of amides is 2. The Bertz CT molecular complexity index is 730. The summed E-state index contributed by atoms with van der Waals surface area (Å²) in [6.45, 7) is 1.27. The molecule has 5 rings (SSSR count). The molecule has 0 saturated heterocycles. The number of ether oxygens (including phenoxy) is 1. The first-order valence-electron chi connectivity index (χ1n) is 12.0. The lowest BCUT2D eigenvalue weighted by Crippen LogP contribution is -2.52. The molecule has 5 aliphatic rings. The molecule has 5 fully saturated rings. The maximum absolute atomic E-state index is 12.6. The molecule has 7 heteroatoms. The summed E-state index contributed by atoms with van der Waals surface area (Å²) in [5.74, 6) is 1.16. The molecule has 7 nitrogen and oxygen atoms in total. The third-order valence-corrected chi connectivity index (χ3v) is 8.09. The summed E-state index contributed by atoms with van der Waals surface area (Å²) in [5.41, 5.74) is -0.733. The highest BCUT2D eigenvalue weighted by atomic mass is 16.5. The molecule has 0 aromatic heterocycles. The summed E-state index contributed by atoms with van der Waals surface area (Å²) >= 11 is 0. The van der Waals surface area contributed by atoms with Crippen LogP contribution in [0.4, 0.5) is 0 Å². The van der Waals surface area contributed by atoms with E-state index in [2.05, 4.69) is 16.7 Å². The molecule has 4 bridgehead atoms. The normalized spacial score (nSPS) is 33.7. The van der Waals surface area contributed by atoms with E-state index in [-0.39, 0.29) is 17.9 Å². The third kappa shape index (κ3) is 5.05. The van der Waals surface area contributed by atoms with Crippen LogP contribution in [0.2, 0.25) is 0 Å². The zero-order valence-electron chi connectivity index (χ0n) is 18.6. The monoisotopic (exact) mass is 429 g/mol. The molecule has 0 aromatic carbocycles. The van der Waals surface area contributed by atoms with Crippen LogP contribution >= 0.6 is 0 Å². The van der Waals surface area contributed by atoms with Gasteiger partial charge in [0.2, 0.25) is 5.91 Å². The van der Waals surface area contributed by atoms with E-state index in [1.165, 1.54) is 26.2 Å². The molecule has 2 N–H and O–H groups in total. The summed E-state index contributed by atoms with van der Waals surface area (Å²) in [4.78, 5) is 37.2. The van der Waals surface area contributed by atoms with Crippen LogP contribution in [0.15, 0.2) is 0 Å². The van der Waals surface area contributed by atoms with Crippen LogP contribution in [0.25, 0.3) is 0 Å². The Morgan fingerprint density at radius 1 is 1.03 bits per heavy atom. The van der Waals surface area contributed by atoms with Crippen molar-refractivity contribution in [1.82, 2.24) is 10.6 Å². The minimum absolute atomic E-state index is 0.0957. The SMILES string of the molecule is C[C@H](OC(=O)CNC(=O)CC12CC3CC(CC(C3)C1)C2)C(=O)NC1(C#N)CCCCC1. The quantitative estimate of drug-likeness (QED) is 0.605. The molecule has 1 atom stereocenters. The number of nitriles is 1. The fourth-order valence-electron chi connectivity index (χ4n) is 7.13. The Labute approximate surface area is 184 Å². The maximum Gasteiger partial charge on any atom is 0.326 e. The molecule has 0 aromatic rings. The average molecular weight is 430 g/mol. The maximum atomic E-state index is 12.6. The van der Waals surface area contributed by atoms with Crippen molar-refractivity contribution in [3.63, 3.8) is 0 Å². The van der Waals surface area contributed by atoms with Gasteiger partial charge in [-0.25, -0.2) is 0 Å². The first-order valence-corrected chi connectivity index (χ1v) is 12.0. The summed E-state index contributed by atoms with van der Waals surface area (Å²) < 4.78 is 5.21. The second kappa shape index (κ2) is 8.80. The van der Waals surface area contributed by atoms with Crippen molar-refractivity contribution in [2.75, 3.05) is 6.54 Å². The summed E-state index contributed by atoms with van der Waals surface area (Å²) in [5, 5.41) is 15.0. The smallest absolute Gasteiger partial charge is 0.326 e. The van der Waals surface area contributed by atoms with E-state index in [0.29, 0.717) is 19.3 Å². The number of hydrogen-bond acceptors (Lipinski definition) is 5. The lowest BCUT2D eigenvalue weighted by Gasteiger charge is -2.56. The van der Waals surface area contributed by atoms with Gasteiger partial charge in [0.25, 0.3) is 5.91 Å². The Morgan fingerprint density at radius 3 is 2.16 bits per heavy atom. The predicted molar refractivity (Wildman–Crippen MR) is 113 cm³/mol. The zero-order valence-corrected chi connectivity index (χ0v) is 18.6. The fraction of sp³-hybridized carbons (Fsp3) is 0.833. The molecule has 170 valence electrons. The minimum atomic E-state index is -1.00. The molecular formula is C24H35N3O4. The Kier molecular flexibility index (Phi) is 6.27. The van der Waals surface area contributed by atoms with Crippen molar-refractivity contribution >= 4 is 17.8 Å². The van der Waals surface area contributed by atoms with Gasteiger partial charge in [-0.3, -0.25) is 14.4 Å². The van der Waals surface area contributed by atoms with Crippen LogP contribution in [0.3, 0.4) is 0 Å². The van der Waals surface area contributed by atoms with Crippen molar-refractivity contribution in [3.8, 4) is 6.07 Å². The van der Waals surface area contributed by atoms with Gasteiger partial charge in [0.1, 0.15) is 12.1 Å². The third-order valence-electron chi connectivity index (χ3n) is 8.09. The largest absolute Gasteiger partial charge is 0.451 e. The highest BCUT2D eigenvalue weighted by Gasteiger charge is 2.51. The van der Waals surface area contributed by atoms with E-state index < -0.39 is 23.5 Å². The van der Waals surface area contributed by atoms with Gasteiger partial charge in [-0.2, -0.15) is 5.26 Å². The standard InChI is InChI=1S/C24H35N3O4/c1-16(22(30)27-24(15-25)5-3-2-4-6-24)31-21(29)14-26-20(28)13-23-10-17-7-18(11-23)9-19(8-17)12-23/h16-19H,2-14H2,1H3,(H,26,28)(H,27,30)/t16-,17?,18?,19?,23?/m0/s1. The zero-order chi connectivity index (χ0) is 22.1. The minimum Gasteiger partial charge on any atom is -0.451 e. The molecule has 5 aliphatic carbocycles. The summed E-state index contributed by atoms with van der Waals surface area (Å²) in [7, 11) is 0. The Hall–Kier alpha value is -2.10. The molecule has 0 spiro atoms.